The van der Waals surface area contributed by atoms with Gasteiger partial charge < -0.3 is 5.32 Å². The highest BCUT2D eigenvalue weighted by Gasteiger charge is 2.25. The van der Waals surface area contributed by atoms with Crippen LogP contribution in [0.5, 0.6) is 0 Å². The number of hydrogen-bond donors (Lipinski definition) is 1. The molecule has 112 valence electrons. The third-order valence-corrected chi connectivity index (χ3v) is 5.58. The van der Waals surface area contributed by atoms with E-state index in [9.17, 15) is 0 Å². The second kappa shape index (κ2) is 8.09. The van der Waals surface area contributed by atoms with Crippen LogP contribution < -0.4 is 5.32 Å². The van der Waals surface area contributed by atoms with Crippen LogP contribution in [-0.2, 0) is 0 Å². The van der Waals surface area contributed by atoms with Crippen LogP contribution in [0.3, 0.4) is 0 Å². The molecule has 0 saturated heterocycles. The molecule has 1 saturated carbocycles. The predicted molar refractivity (Wildman–Crippen MR) is 90.7 cm³/mol. The molecule has 2 atom stereocenters. The SMILES string of the molecule is CCCNC1CCCC1CCSc1ccc(C)c(C)c1. The van der Waals surface area contributed by atoms with Crippen LogP contribution in [0.15, 0.2) is 23.1 Å². The fourth-order valence-corrected chi connectivity index (χ4v) is 4.19. The number of hydrogen-bond acceptors (Lipinski definition) is 2. The van der Waals surface area contributed by atoms with E-state index >= 15 is 0 Å². The minimum atomic E-state index is 0.787. The molecule has 0 bridgehead atoms. The lowest BCUT2D eigenvalue weighted by atomic mass is 10.0. The van der Waals surface area contributed by atoms with E-state index in [1.165, 1.54) is 60.4 Å². The first-order valence-electron chi connectivity index (χ1n) is 8.14. The molecule has 1 aliphatic rings. The smallest absolute Gasteiger partial charge is 0.00956 e. The summed E-state index contributed by atoms with van der Waals surface area (Å²) in [7, 11) is 0. The summed E-state index contributed by atoms with van der Waals surface area (Å²) >= 11 is 2.03. The summed E-state index contributed by atoms with van der Waals surface area (Å²) in [5.41, 5.74) is 2.81. The van der Waals surface area contributed by atoms with E-state index < -0.39 is 0 Å². The molecule has 1 aromatic carbocycles. The topological polar surface area (TPSA) is 12.0 Å². The van der Waals surface area contributed by atoms with Crippen molar-refractivity contribution in [3.8, 4) is 0 Å². The van der Waals surface area contributed by atoms with Crippen molar-refractivity contribution in [2.24, 2.45) is 5.92 Å². The summed E-state index contributed by atoms with van der Waals surface area (Å²) in [4.78, 5) is 1.43. The van der Waals surface area contributed by atoms with Crippen molar-refractivity contribution in [3.63, 3.8) is 0 Å². The molecule has 0 aromatic heterocycles. The lowest BCUT2D eigenvalue weighted by molar-refractivity contribution is 0.393. The number of aryl methyl sites for hydroxylation is 2. The summed E-state index contributed by atoms with van der Waals surface area (Å²) in [6.07, 6.45) is 6.84. The molecule has 2 heteroatoms. The molecule has 0 heterocycles. The maximum absolute atomic E-state index is 3.74. The van der Waals surface area contributed by atoms with Gasteiger partial charge in [0.1, 0.15) is 0 Å². The van der Waals surface area contributed by atoms with Gasteiger partial charge in [-0.15, -0.1) is 11.8 Å². The Balaban J connectivity index is 1.75. The van der Waals surface area contributed by atoms with Crippen molar-refractivity contribution < 1.29 is 0 Å². The molecule has 1 aromatic rings. The number of thioether (sulfide) groups is 1. The summed E-state index contributed by atoms with van der Waals surface area (Å²) < 4.78 is 0. The highest BCUT2D eigenvalue weighted by Crippen LogP contribution is 2.31. The molecule has 2 unspecified atom stereocenters. The van der Waals surface area contributed by atoms with Gasteiger partial charge in [0.15, 0.2) is 0 Å². The largest absolute Gasteiger partial charge is 0.314 e. The molecule has 1 N–H and O–H groups in total. The molecule has 1 aliphatic carbocycles. The van der Waals surface area contributed by atoms with E-state index in [2.05, 4.69) is 44.3 Å². The average Bonchev–Trinajstić information content (AvgIpc) is 2.88. The molecular weight excluding hydrogens is 262 g/mol. The van der Waals surface area contributed by atoms with E-state index in [-0.39, 0.29) is 0 Å². The molecule has 0 spiro atoms. The van der Waals surface area contributed by atoms with Gasteiger partial charge in [0, 0.05) is 10.9 Å². The monoisotopic (exact) mass is 291 g/mol. The number of nitrogens with one attached hydrogen (secondary N) is 1. The zero-order valence-corrected chi connectivity index (χ0v) is 14.1. The Morgan fingerprint density at radius 3 is 2.80 bits per heavy atom. The minimum Gasteiger partial charge on any atom is -0.314 e. The minimum absolute atomic E-state index is 0.787. The molecule has 0 amide bonds. The van der Waals surface area contributed by atoms with E-state index in [1.54, 1.807) is 0 Å². The van der Waals surface area contributed by atoms with Crippen molar-refractivity contribution in [1.29, 1.82) is 0 Å². The van der Waals surface area contributed by atoms with Gasteiger partial charge >= 0.3 is 0 Å². The van der Waals surface area contributed by atoms with Crippen LogP contribution in [0.1, 0.15) is 50.2 Å². The highest BCUT2D eigenvalue weighted by molar-refractivity contribution is 7.99. The maximum Gasteiger partial charge on any atom is 0.00956 e. The molecular formula is C18H29NS. The van der Waals surface area contributed by atoms with Crippen molar-refractivity contribution in [3.05, 3.63) is 29.3 Å². The Kier molecular flexibility index (Phi) is 6.44. The molecule has 2 rings (SSSR count). The lowest BCUT2D eigenvalue weighted by Gasteiger charge is -2.20. The van der Waals surface area contributed by atoms with Crippen molar-refractivity contribution >= 4 is 11.8 Å². The zero-order valence-electron chi connectivity index (χ0n) is 13.2. The Morgan fingerprint density at radius 2 is 2.05 bits per heavy atom. The standard InChI is InChI=1S/C18H29NS/c1-4-11-19-18-7-5-6-16(18)10-12-20-17-9-8-14(2)15(3)13-17/h8-9,13,16,18-19H,4-7,10-12H2,1-3H3. The molecule has 1 fully saturated rings. The molecule has 20 heavy (non-hydrogen) atoms. The van der Waals surface area contributed by atoms with Crippen LogP contribution in [0, 0.1) is 19.8 Å². The van der Waals surface area contributed by atoms with E-state index in [0.29, 0.717) is 0 Å². The Labute approximate surface area is 128 Å². The van der Waals surface area contributed by atoms with Crippen LogP contribution in [0.25, 0.3) is 0 Å². The van der Waals surface area contributed by atoms with Crippen LogP contribution in [-0.4, -0.2) is 18.3 Å². The third-order valence-electron chi connectivity index (χ3n) is 4.55. The number of rotatable bonds is 7. The third kappa shape index (κ3) is 4.53. The van der Waals surface area contributed by atoms with Crippen LogP contribution >= 0.6 is 11.8 Å². The quantitative estimate of drug-likeness (QED) is 0.713. The van der Waals surface area contributed by atoms with Gasteiger partial charge in [0.25, 0.3) is 0 Å². The van der Waals surface area contributed by atoms with Gasteiger partial charge in [-0.3, -0.25) is 0 Å². The Morgan fingerprint density at radius 1 is 1.20 bits per heavy atom. The second-order valence-corrected chi connectivity index (χ2v) is 7.30. The maximum atomic E-state index is 3.74. The molecule has 0 aliphatic heterocycles. The predicted octanol–water partition coefficient (Wildman–Crippen LogP) is 4.95. The first kappa shape index (κ1) is 15.9. The highest BCUT2D eigenvalue weighted by atomic mass is 32.2. The molecule has 0 radical (unpaired) electrons. The van der Waals surface area contributed by atoms with Gasteiger partial charge in [0.2, 0.25) is 0 Å². The Hall–Kier alpha value is -0.470. The van der Waals surface area contributed by atoms with Gasteiger partial charge in [-0.1, -0.05) is 19.4 Å². The number of benzene rings is 1. The fraction of sp³-hybridized carbons (Fsp3) is 0.667. The first-order chi connectivity index (χ1) is 9.70. The summed E-state index contributed by atoms with van der Waals surface area (Å²) in [5, 5.41) is 3.74. The molecule has 1 nitrogen and oxygen atoms in total. The average molecular weight is 292 g/mol. The van der Waals surface area contributed by atoms with Gasteiger partial charge in [0.05, 0.1) is 0 Å². The first-order valence-corrected chi connectivity index (χ1v) is 9.12. The second-order valence-electron chi connectivity index (χ2n) is 6.13. The van der Waals surface area contributed by atoms with E-state index in [0.717, 1.165) is 12.0 Å². The van der Waals surface area contributed by atoms with Crippen LogP contribution in [0.2, 0.25) is 0 Å². The Bertz CT molecular complexity index is 416. The van der Waals surface area contributed by atoms with Gasteiger partial charge in [-0.25, -0.2) is 0 Å². The summed E-state index contributed by atoms with van der Waals surface area (Å²) in [6, 6.07) is 7.64. The fourth-order valence-electron chi connectivity index (χ4n) is 3.11. The van der Waals surface area contributed by atoms with Crippen LogP contribution in [0.4, 0.5) is 0 Å². The summed E-state index contributed by atoms with van der Waals surface area (Å²) in [5.74, 6) is 2.16. The van der Waals surface area contributed by atoms with Crippen molar-refractivity contribution in [2.75, 3.05) is 12.3 Å². The van der Waals surface area contributed by atoms with E-state index in [1.807, 2.05) is 11.8 Å². The van der Waals surface area contributed by atoms with Crippen molar-refractivity contribution in [2.45, 2.75) is 63.8 Å². The van der Waals surface area contributed by atoms with Gasteiger partial charge in [-0.2, -0.15) is 0 Å². The zero-order chi connectivity index (χ0) is 14.4. The van der Waals surface area contributed by atoms with E-state index in [4.69, 9.17) is 0 Å². The van der Waals surface area contributed by atoms with Gasteiger partial charge in [-0.05, 0) is 81.0 Å². The lowest BCUT2D eigenvalue weighted by Crippen LogP contribution is -2.33. The van der Waals surface area contributed by atoms with Crippen molar-refractivity contribution in [1.82, 2.24) is 5.32 Å². The normalized spacial score (nSPS) is 22.4. The summed E-state index contributed by atoms with van der Waals surface area (Å²) in [6.45, 7) is 7.84.